The highest BCUT2D eigenvalue weighted by molar-refractivity contribution is 5.98. The van der Waals surface area contributed by atoms with Crippen molar-refractivity contribution < 1.29 is 0 Å². The maximum atomic E-state index is 5.19. The predicted molar refractivity (Wildman–Crippen MR) is 205 cm³/mol. The van der Waals surface area contributed by atoms with Crippen LogP contribution >= 0.6 is 0 Å². The summed E-state index contributed by atoms with van der Waals surface area (Å²) in [7, 11) is 0. The van der Waals surface area contributed by atoms with Gasteiger partial charge in [-0.1, -0.05) is 91.0 Å². The minimum absolute atomic E-state index is 0.754. The fourth-order valence-corrected chi connectivity index (χ4v) is 6.80. The third-order valence-electron chi connectivity index (χ3n) is 9.37. The third kappa shape index (κ3) is 5.00. The Bertz CT molecular complexity index is 2810. The quantitative estimate of drug-likeness (QED) is 0.180. The minimum Gasteiger partial charge on any atom is -0.246 e. The second kappa shape index (κ2) is 11.4. The lowest BCUT2D eigenvalue weighted by Crippen LogP contribution is -1.97. The average Bonchev–Trinajstić information content (AvgIpc) is 3.18. The van der Waals surface area contributed by atoms with Gasteiger partial charge in [-0.3, -0.25) is 0 Å². The van der Waals surface area contributed by atoms with Crippen molar-refractivity contribution in [2.24, 2.45) is 0 Å². The molecule has 0 aliphatic rings. The standard InChI is InChI=1S/C45H27N5/c1-3-11-31-24-42-33(22-29(31)9-1)17-20-40(48-42)44-26-35(37-14-7-15-38(47-37)39-19-16-28-8-5-6-13-36(28)46-39)27-45(50-44)41-21-18-34-23-30-10-2-4-12-32(30)25-43(34)49-41/h1-27H. The first-order chi connectivity index (χ1) is 24.7. The number of aromatic nitrogens is 5. The third-order valence-corrected chi connectivity index (χ3v) is 9.37. The first kappa shape index (κ1) is 28.2. The number of nitrogens with zero attached hydrogens (tertiary/aromatic N) is 5. The van der Waals surface area contributed by atoms with Gasteiger partial charge in [0.2, 0.25) is 0 Å². The first-order valence-electron chi connectivity index (χ1n) is 16.7. The van der Waals surface area contributed by atoms with Crippen LogP contribution in [0.3, 0.4) is 0 Å². The SMILES string of the molecule is c1cc(-c2cc(-c3ccc4cc5ccccc5cc4n3)nc(-c3ccc4cc5ccccc5cc4n3)c2)nc(-c2ccc3ccccc3n2)c1. The van der Waals surface area contributed by atoms with Gasteiger partial charge in [0.1, 0.15) is 0 Å². The molecule has 10 rings (SSSR count). The molecular formula is C45H27N5. The molecule has 0 unspecified atom stereocenters. The highest BCUT2D eigenvalue weighted by Gasteiger charge is 2.14. The molecule has 0 atom stereocenters. The van der Waals surface area contributed by atoms with E-state index in [1.807, 2.05) is 42.5 Å². The van der Waals surface area contributed by atoms with Crippen LogP contribution in [0.5, 0.6) is 0 Å². The Morgan fingerprint density at radius 2 is 0.640 bits per heavy atom. The summed E-state index contributed by atoms with van der Waals surface area (Å²) in [4.78, 5) is 25.5. The zero-order valence-corrected chi connectivity index (χ0v) is 26.8. The lowest BCUT2D eigenvalue weighted by atomic mass is 10.0. The largest absolute Gasteiger partial charge is 0.246 e. The van der Waals surface area contributed by atoms with E-state index in [-0.39, 0.29) is 0 Å². The van der Waals surface area contributed by atoms with Gasteiger partial charge in [-0.2, -0.15) is 0 Å². The number of rotatable bonds is 4. The van der Waals surface area contributed by atoms with E-state index in [2.05, 4.69) is 121 Å². The summed E-state index contributed by atoms with van der Waals surface area (Å²) in [5.74, 6) is 0. The molecule has 5 heterocycles. The molecule has 0 radical (unpaired) electrons. The van der Waals surface area contributed by atoms with Crippen molar-refractivity contribution >= 4 is 54.3 Å². The number of para-hydroxylation sites is 1. The summed E-state index contributed by atoms with van der Waals surface area (Å²) in [5.41, 5.74) is 9.25. The lowest BCUT2D eigenvalue weighted by Gasteiger charge is -2.12. The molecule has 5 heteroatoms. The Kier molecular flexibility index (Phi) is 6.42. The lowest BCUT2D eigenvalue weighted by molar-refractivity contribution is 1.23. The van der Waals surface area contributed by atoms with E-state index in [0.29, 0.717) is 0 Å². The van der Waals surface area contributed by atoms with E-state index >= 15 is 0 Å². The second-order valence-electron chi connectivity index (χ2n) is 12.6. The van der Waals surface area contributed by atoms with Crippen molar-refractivity contribution in [3.63, 3.8) is 0 Å². The van der Waals surface area contributed by atoms with Crippen LogP contribution in [0.2, 0.25) is 0 Å². The van der Waals surface area contributed by atoms with E-state index in [1.54, 1.807) is 0 Å². The Morgan fingerprint density at radius 1 is 0.220 bits per heavy atom. The van der Waals surface area contributed by atoms with E-state index in [1.165, 1.54) is 10.8 Å². The molecular weight excluding hydrogens is 611 g/mol. The fourth-order valence-electron chi connectivity index (χ4n) is 6.80. The molecule has 0 fully saturated rings. The molecule has 0 spiro atoms. The summed E-state index contributed by atoms with van der Waals surface area (Å²) >= 11 is 0. The number of pyridine rings is 5. The van der Waals surface area contributed by atoms with E-state index in [0.717, 1.165) is 88.9 Å². The monoisotopic (exact) mass is 637 g/mol. The van der Waals surface area contributed by atoms with Gasteiger partial charge in [0.15, 0.2) is 0 Å². The molecule has 5 aromatic heterocycles. The zero-order valence-electron chi connectivity index (χ0n) is 26.8. The topological polar surface area (TPSA) is 64.5 Å². The Labute approximate surface area is 287 Å². The maximum absolute atomic E-state index is 5.19. The molecule has 5 nitrogen and oxygen atoms in total. The van der Waals surface area contributed by atoms with Crippen molar-refractivity contribution in [3.05, 3.63) is 164 Å². The molecule has 0 saturated heterocycles. The average molecular weight is 638 g/mol. The van der Waals surface area contributed by atoms with Gasteiger partial charge in [0.05, 0.1) is 56.4 Å². The van der Waals surface area contributed by atoms with Crippen LogP contribution in [0.15, 0.2) is 164 Å². The van der Waals surface area contributed by atoms with Crippen molar-refractivity contribution in [1.82, 2.24) is 24.9 Å². The number of hydrogen-bond donors (Lipinski definition) is 0. The van der Waals surface area contributed by atoms with Gasteiger partial charge in [0.25, 0.3) is 0 Å². The molecule has 50 heavy (non-hydrogen) atoms. The fraction of sp³-hybridized carbons (Fsp3) is 0. The Hall–Kier alpha value is -6.85. The van der Waals surface area contributed by atoms with Crippen LogP contribution in [-0.2, 0) is 0 Å². The summed E-state index contributed by atoms with van der Waals surface area (Å²) in [6.07, 6.45) is 0. The van der Waals surface area contributed by atoms with Crippen LogP contribution in [0, 0.1) is 0 Å². The predicted octanol–water partition coefficient (Wildman–Crippen LogP) is 11.1. The summed E-state index contributed by atoms with van der Waals surface area (Å²) in [6.45, 7) is 0. The highest BCUT2D eigenvalue weighted by atomic mass is 14.8. The molecule has 0 bridgehead atoms. The summed E-state index contributed by atoms with van der Waals surface area (Å²) < 4.78 is 0. The molecule has 0 saturated carbocycles. The normalized spacial score (nSPS) is 11.6. The van der Waals surface area contributed by atoms with Gasteiger partial charge in [-0.25, -0.2) is 24.9 Å². The molecule has 0 amide bonds. The smallest absolute Gasteiger partial charge is 0.0901 e. The van der Waals surface area contributed by atoms with Gasteiger partial charge >= 0.3 is 0 Å². The summed E-state index contributed by atoms with van der Waals surface area (Å²) in [5, 5.41) is 7.97. The van der Waals surface area contributed by atoms with Crippen molar-refractivity contribution in [2.45, 2.75) is 0 Å². The van der Waals surface area contributed by atoms with Gasteiger partial charge in [-0.15, -0.1) is 0 Å². The van der Waals surface area contributed by atoms with Crippen LogP contribution in [0.4, 0.5) is 0 Å². The van der Waals surface area contributed by atoms with Crippen LogP contribution in [0.1, 0.15) is 0 Å². The molecule has 5 aromatic carbocycles. The number of hydrogen-bond acceptors (Lipinski definition) is 5. The Balaban J connectivity index is 1.14. The molecule has 0 aliphatic heterocycles. The molecule has 0 aliphatic carbocycles. The van der Waals surface area contributed by atoms with E-state index in [9.17, 15) is 0 Å². The van der Waals surface area contributed by atoms with E-state index < -0.39 is 0 Å². The number of benzene rings is 5. The summed E-state index contributed by atoms with van der Waals surface area (Å²) in [6, 6.07) is 56.3. The van der Waals surface area contributed by atoms with Crippen molar-refractivity contribution in [3.8, 4) is 45.4 Å². The number of fused-ring (bicyclic) bond motifs is 5. The Morgan fingerprint density at radius 3 is 1.24 bits per heavy atom. The van der Waals surface area contributed by atoms with Crippen LogP contribution in [0.25, 0.3) is 99.7 Å². The zero-order chi connectivity index (χ0) is 33.0. The minimum atomic E-state index is 0.754. The molecule has 10 aromatic rings. The highest BCUT2D eigenvalue weighted by Crippen LogP contribution is 2.32. The maximum Gasteiger partial charge on any atom is 0.0901 e. The second-order valence-corrected chi connectivity index (χ2v) is 12.6. The van der Waals surface area contributed by atoms with Crippen molar-refractivity contribution in [2.75, 3.05) is 0 Å². The van der Waals surface area contributed by atoms with Crippen LogP contribution < -0.4 is 0 Å². The molecule has 0 N–H and O–H groups in total. The van der Waals surface area contributed by atoms with Crippen LogP contribution in [-0.4, -0.2) is 24.9 Å². The van der Waals surface area contributed by atoms with E-state index in [4.69, 9.17) is 24.9 Å². The van der Waals surface area contributed by atoms with Crippen molar-refractivity contribution in [1.29, 1.82) is 0 Å². The van der Waals surface area contributed by atoms with Gasteiger partial charge in [-0.05, 0) is 94.3 Å². The molecule has 232 valence electrons. The van der Waals surface area contributed by atoms with Gasteiger partial charge in [0, 0.05) is 21.7 Å². The van der Waals surface area contributed by atoms with Gasteiger partial charge < -0.3 is 0 Å². The first-order valence-corrected chi connectivity index (χ1v) is 16.7.